The lowest BCUT2D eigenvalue weighted by atomic mass is 10.1. The number of amides is 1. The molecule has 1 aromatic heterocycles. The van der Waals surface area contributed by atoms with Crippen LogP contribution in [0.3, 0.4) is 0 Å². The normalized spacial score (nSPS) is 24.7. The minimum Gasteiger partial charge on any atom is -0.364 e. The third kappa shape index (κ3) is 4.12. The van der Waals surface area contributed by atoms with Crippen LogP contribution in [-0.2, 0) is 16.0 Å². The van der Waals surface area contributed by atoms with Crippen LogP contribution in [0.1, 0.15) is 19.4 Å². The molecule has 5 heteroatoms. The third-order valence-corrected chi connectivity index (χ3v) is 4.42. The lowest BCUT2D eigenvalue weighted by Crippen LogP contribution is -3.16. The number of benzene rings is 1. The average Bonchev–Trinajstić information content (AvgIpc) is 2.90. The number of rotatable bonds is 5. The molecule has 1 saturated heterocycles. The molecule has 1 fully saturated rings. The van der Waals surface area contributed by atoms with Crippen molar-refractivity contribution >= 4 is 16.8 Å². The van der Waals surface area contributed by atoms with E-state index in [1.54, 1.807) is 0 Å². The molecule has 5 nitrogen and oxygen atoms in total. The van der Waals surface area contributed by atoms with E-state index in [1.807, 2.05) is 18.3 Å². The highest BCUT2D eigenvalue weighted by molar-refractivity contribution is 5.83. The van der Waals surface area contributed by atoms with Gasteiger partial charge in [0.25, 0.3) is 5.91 Å². The molecule has 0 bridgehead atoms. The monoisotopic (exact) mass is 316 g/mol. The number of aromatic nitrogens is 1. The van der Waals surface area contributed by atoms with E-state index in [0.717, 1.165) is 25.0 Å². The van der Waals surface area contributed by atoms with Crippen molar-refractivity contribution in [3.05, 3.63) is 36.0 Å². The lowest BCUT2D eigenvalue weighted by molar-refractivity contribution is -0.907. The van der Waals surface area contributed by atoms with Gasteiger partial charge in [-0.3, -0.25) is 4.79 Å². The van der Waals surface area contributed by atoms with E-state index in [2.05, 4.69) is 36.3 Å². The number of carbonyl (C=O) groups is 1. The molecule has 1 aromatic carbocycles. The number of quaternary nitrogens is 1. The van der Waals surface area contributed by atoms with Gasteiger partial charge in [-0.15, -0.1) is 0 Å². The first-order valence-corrected chi connectivity index (χ1v) is 8.42. The molecule has 0 spiro atoms. The number of aromatic amines is 1. The Morgan fingerprint density at radius 2 is 2.04 bits per heavy atom. The summed E-state index contributed by atoms with van der Waals surface area (Å²) < 4.78 is 5.71. The Labute approximate surface area is 137 Å². The minimum atomic E-state index is 0.126. The fraction of sp³-hybridized carbons (Fsp3) is 0.500. The van der Waals surface area contributed by atoms with Crippen LogP contribution in [0.15, 0.2) is 30.5 Å². The number of hydrogen-bond donors (Lipinski definition) is 3. The first-order valence-electron chi connectivity index (χ1n) is 8.42. The van der Waals surface area contributed by atoms with Gasteiger partial charge >= 0.3 is 0 Å². The highest BCUT2D eigenvalue weighted by atomic mass is 16.5. The largest absolute Gasteiger partial charge is 0.364 e. The van der Waals surface area contributed by atoms with Gasteiger partial charge in [-0.2, -0.15) is 0 Å². The van der Waals surface area contributed by atoms with E-state index in [-0.39, 0.29) is 18.1 Å². The molecule has 1 aliphatic heterocycles. The van der Waals surface area contributed by atoms with Crippen LogP contribution in [0.5, 0.6) is 0 Å². The van der Waals surface area contributed by atoms with Crippen molar-refractivity contribution in [2.24, 2.45) is 0 Å². The summed E-state index contributed by atoms with van der Waals surface area (Å²) in [6.45, 7) is 7.16. The number of fused-ring (bicyclic) bond motifs is 1. The predicted molar refractivity (Wildman–Crippen MR) is 90.6 cm³/mol. The van der Waals surface area contributed by atoms with E-state index < -0.39 is 0 Å². The number of ether oxygens (including phenoxy) is 1. The van der Waals surface area contributed by atoms with Crippen molar-refractivity contribution < 1.29 is 14.4 Å². The Morgan fingerprint density at radius 3 is 2.83 bits per heavy atom. The number of carbonyl (C=O) groups excluding carboxylic acids is 1. The zero-order valence-corrected chi connectivity index (χ0v) is 13.9. The van der Waals surface area contributed by atoms with Crippen LogP contribution < -0.4 is 10.2 Å². The van der Waals surface area contributed by atoms with Gasteiger partial charge in [0.1, 0.15) is 25.3 Å². The van der Waals surface area contributed by atoms with Crippen LogP contribution in [0.4, 0.5) is 0 Å². The Balaban J connectivity index is 1.46. The van der Waals surface area contributed by atoms with Gasteiger partial charge in [-0.05, 0) is 31.9 Å². The smallest absolute Gasteiger partial charge is 0.275 e. The van der Waals surface area contributed by atoms with Crippen LogP contribution in [0, 0.1) is 0 Å². The summed E-state index contributed by atoms with van der Waals surface area (Å²) in [5.74, 6) is 0.126. The second-order valence-electron chi connectivity index (χ2n) is 6.55. The minimum absolute atomic E-state index is 0.126. The molecule has 0 saturated carbocycles. The summed E-state index contributed by atoms with van der Waals surface area (Å²) in [5, 5.41) is 4.29. The molecule has 1 amide bonds. The van der Waals surface area contributed by atoms with E-state index in [9.17, 15) is 4.79 Å². The van der Waals surface area contributed by atoms with Gasteiger partial charge in [0.15, 0.2) is 6.54 Å². The fourth-order valence-corrected chi connectivity index (χ4v) is 3.50. The standard InChI is InChI=1S/C18H25N3O2/c1-13-10-21(11-14(2)23-13)12-18(22)19-8-7-15-9-20-17-6-4-3-5-16(15)17/h3-6,9,13-14,20H,7-8,10-12H2,1-2H3,(H,19,22)/p+1/t13-,14-/m1/s1. The Morgan fingerprint density at radius 1 is 1.30 bits per heavy atom. The Kier molecular flexibility index (Phi) is 4.98. The maximum absolute atomic E-state index is 12.1. The molecule has 3 rings (SSSR count). The van der Waals surface area contributed by atoms with Crippen molar-refractivity contribution in [1.29, 1.82) is 0 Å². The Bertz CT molecular complexity index is 657. The van der Waals surface area contributed by atoms with Gasteiger partial charge in [0.05, 0.1) is 0 Å². The second-order valence-corrected chi connectivity index (χ2v) is 6.55. The molecule has 3 N–H and O–H groups in total. The molecule has 2 atom stereocenters. The molecule has 2 aromatic rings. The lowest BCUT2D eigenvalue weighted by Gasteiger charge is -2.31. The van der Waals surface area contributed by atoms with Crippen LogP contribution in [-0.4, -0.2) is 49.3 Å². The molecular formula is C18H26N3O2+. The average molecular weight is 316 g/mol. The maximum atomic E-state index is 12.1. The molecule has 1 aliphatic rings. The number of H-pyrrole nitrogens is 1. The molecule has 23 heavy (non-hydrogen) atoms. The Hall–Kier alpha value is -1.85. The van der Waals surface area contributed by atoms with Crippen molar-refractivity contribution in [2.45, 2.75) is 32.5 Å². The SMILES string of the molecule is C[C@@H]1C[NH+](CC(=O)NCCc2c[nH]c3ccccc23)C[C@@H](C)O1. The van der Waals surface area contributed by atoms with E-state index in [1.165, 1.54) is 15.8 Å². The maximum Gasteiger partial charge on any atom is 0.275 e. The number of nitrogens with one attached hydrogen (secondary N) is 3. The molecule has 2 heterocycles. The van der Waals surface area contributed by atoms with Gasteiger partial charge in [-0.1, -0.05) is 18.2 Å². The first kappa shape index (κ1) is 16.0. The zero-order valence-electron chi connectivity index (χ0n) is 13.9. The van der Waals surface area contributed by atoms with E-state index in [4.69, 9.17) is 4.74 Å². The summed E-state index contributed by atoms with van der Waals surface area (Å²) in [4.78, 5) is 16.7. The van der Waals surface area contributed by atoms with Gasteiger partial charge in [0.2, 0.25) is 0 Å². The van der Waals surface area contributed by atoms with Gasteiger partial charge in [0, 0.05) is 23.6 Å². The first-order chi connectivity index (χ1) is 11.1. The van der Waals surface area contributed by atoms with Gasteiger partial charge < -0.3 is 19.9 Å². The number of hydrogen-bond acceptors (Lipinski definition) is 2. The summed E-state index contributed by atoms with van der Waals surface area (Å²) >= 11 is 0. The van der Waals surface area contributed by atoms with E-state index >= 15 is 0 Å². The summed E-state index contributed by atoms with van der Waals surface area (Å²) in [5.41, 5.74) is 2.40. The molecule has 0 radical (unpaired) electrons. The second kappa shape index (κ2) is 7.15. The summed E-state index contributed by atoms with van der Waals surface area (Å²) in [6, 6.07) is 8.26. The van der Waals surface area contributed by atoms with Crippen LogP contribution >= 0.6 is 0 Å². The highest BCUT2D eigenvalue weighted by Crippen LogP contribution is 2.17. The molecular weight excluding hydrogens is 290 g/mol. The van der Waals surface area contributed by atoms with Crippen molar-refractivity contribution in [2.75, 3.05) is 26.2 Å². The number of para-hydroxylation sites is 1. The summed E-state index contributed by atoms with van der Waals surface area (Å²) in [7, 11) is 0. The molecule has 0 unspecified atom stereocenters. The van der Waals surface area contributed by atoms with Crippen LogP contribution in [0.25, 0.3) is 10.9 Å². The molecule has 124 valence electrons. The number of morpholine rings is 1. The van der Waals surface area contributed by atoms with Gasteiger partial charge in [-0.25, -0.2) is 0 Å². The zero-order chi connectivity index (χ0) is 16.2. The molecule has 0 aliphatic carbocycles. The predicted octanol–water partition coefficient (Wildman–Crippen LogP) is 0.519. The van der Waals surface area contributed by atoms with Crippen molar-refractivity contribution in [1.82, 2.24) is 10.3 Å². The highest BCUT2D eigenvalue weighted by Gasteiger charge is 2.26. The summed E-state index contributed by atoms with van der Waals surface area (Å²) in [6.07, 6.45) is 3.34. The van der Waals surface area contributed by atoms with Crippen LogP contribution in [0.2, 0.25) is 0 Å². The van der Waals surface area contributed by atoms with Crippen molar-refractivity contribution in [3.63, 3.8) is 0 Å². The fourth-order valence-electron chi connectivity index (χ4n) is 3.50. The quantitative estimate of drug-likeness (QED) is 0.753. The third-order valence-electron chi connectivity index (χ3n) is 4.42. The topological polar surface area (TPSA) is 58.6 Å². The van der Waals surface area contributed by atoms with Crippen molar-refractivity contribution in [3.8, 4) is 0 Å². The van der Waals surface area contributed by atoms with E-state index in [0.29, 0.717) is 13.1 Å².